The topological polar surface area (TPSA) is 73.1 Å². The van der Waals surface area contributed by atoms with Crippen molar-refractivity contribution in [1.29, 1.82) is 0 Å². The Kier molecular flexibility index (Phi) is 4.40. The molecule has 0 saturated carbocycles. The molecule has 106 valence electrons. The van der Waals surface area contributed by atoms with Gasteiger partial charge in [-0.05, 0) is 23.6 Å². The second kappa shape index (κ2) is 6.23. The third-order valence-corrected chi connectivity index (χ3v) is 3.11. The Morgan fingerprint density at radius 1 is 1.20 bits per heavy atom. The van der Waals surface area contributed by atoms with Gasteiger partial charge in [-0.15, -0.1) is 0 Å². The Balaban J connectivity index is 2.12. The van der Waals surface area contributed by atoms with Crippen LogP contribution in [0.3, 0.4) is 0 Å². The van der Waals surface area contributed by atoms with Crippen molar-refractivity contribution in [3.63, 3.8) is 0 Å². The molecule has 0 amide bonds. The summed E-state index contributed by atoms with van der Waals surface area (Å²) in [7, 11) is 1.66. The van der Waals surface area contributed by atoms with Crippen LogP contribution in [0.2, 0.25) is 0 Å². The summed E-state index contributed by atoms with van der Waals surface area (Å²) in [5, 5.41) is 3.32. The van der Waals surface area contributed by atoms with Gasteiger partial charge in [0.15, 0.2) is 0 Å². The Morgan fingerprint density at radius 2 is 1.90 bits per heavy atom. The number of hydrogen-bond acceptors (Lipinski definition) is 5. The number of nitrogens with two attached hydrogens (primary N) is 1. The van der Waals surface area contributed by atoms with Gasteiger partial charge in [0.1, 0.15) is 23.7 Å². The van der Waals surface area contributed by atoms with E-state index in [1.807, 2.05) is 24.3 Å². The zero-order valence-electron chi connectivity index (χ0n) is 12.1. The van der Waals surface area contributed by atoms with E-state index in [0.29, 0.717) is 12.4 Å². The molecule has 3 N–H and O–H groups in total. The number of nitrogen functional groups attached to an aromatic ring is 1. The van der Waals surface area contributed by atoms with Crippen LogP contribution >= 0.6 is 0 Å². The van der Waals surface area contributed by atoms with Gasteiger partial charge in [-0.25, -0.2) is 9.97 Å². The number of hydrogen-bond donors (Lipinski definition) is 2. The number of methoxy groups -OCH3 is 1. The molecule has 2 aromatic rings. The second-order valence-corrected chi connectivity index (χ2v) is 4.88. The summed E-state index contributed by atoms with van der Waals surface area (Å²) >= 11 is 0. The van der Waals surface area contributed by atoms with Crippen LogP contribution in [-0.2, 0) is 6.54 Å². The monoisotopic (exact) mass is 272 g/mol. The SMILES string of the molecule is COc1ccc(CNc2ncnc(N)c2C(C)C)cc1. The van der Waals surface area contributed by atoms with Crippen LogP contribution < -0.4 is 15.8 Å². The Morgan fingerprint density at radius 3 is 2.50 bits per heavy atom. The first-order valence-corrected chi connectivity index (χ1v) is 6.59. The van der Waals surface area contributed by atoms with E-state index in [4.69, 9.17) is 10.5 Å². The zero-order valence-corrected chi connectivity index (χ0v) is 12.1. The first-order valence-electron chi connectivity index (χ1n) is 6.59. The van der Waals surface area contributed by atoms with Crippen molar-refractivity contribution in [2.75, 3.05) is 18.2 Å². The fourth-order valence-electron chi connectivity index (χ4n) is 2.05. The van der Waals surface area contributed by atoms with E-state index in [1.165, 1.54) is 6.33 Å². The molecular weight excluding hydrogens is 252 g/mol. The van der Waals surface area contributed by atoms with E-state index >= 15 is 0 Å². The highest BCUT2D eigenvalue weighted by Gasteiger charge is 2.12. The molecule has 0 fully saturated rings. The predicted octanol–water partition coefficient (Wildman–Crippen LogP) is 2.80. The molecule has 5 heteroatoms. The minimum absolute atomic E-state index is 0.273. The van der Waals surface area contributed by atoms with Gasteiger partial charge in [-0.3, -0.25) is 0 Å². The first kappa shape index (κ1) is 14.1. The molecule has 0 saturated heterocycles. The van der Waals surface area contributed by atoms with Gasteiger partial charge in [0.05, 0.1) is 7.11 Å². The van der Waals surface area contributed by atoms with E-state index in [-0.39, 0.29) is 5.92 Å². The molecule has 0 spiro atoms. The van der Waals surface area contributed by atoms with Gasteiger partial charge < -0.3 is 15.8 Å². The van der Waals surface area contributed by atoms with Crippen molar-refractivity contribution in [1.82, 2.24) is 9.97 Å². The molecule has 0 unspecified atom stereocenters. The van der Waals surface area contributed by atoms with Crippen LogP contribution in [0.4, 0.5) is 11.6 Å². The highest BCUT2D eigenvalue weighted by atomic mass is 16.5. The number of aromatic nitrogens is 2. The van der Waals surface area contributed by atoms with E-state index < -0.39 is 0 Å². The maximum absolute atomic E-state index is 5.92. The van der Waals surface area contributed by atoms with Gasteiger partial charge in [-0.2, -0.15) is 0 Å². The average molecular weight is 272 g/mol. The first-order chi connectivity index (χ1) is 9.61. The predicted molar refractivity (Wildman–Crippen MR) is 80.9 cm³/mol. The third kappa shape index (κ3) is 3.17. The molecule has 0 aliphatic rings. The van der Waals surface area contributed by atoms with Gasteiger partial charge in [-0.1, -0.05) is 26.0 Å². The van der Waals surface area contributed by atoms with Gasteiger partial charge in [0.2, 0.25) is 0 Å². The van der Waals surface area contributed by atoms with Crippen molar-refractivity contribution in [3.8, 4) is 5.75 Å². The number of benzene rings is 1. The summed E-state index contributed by atoms with van der Waals surface area (Å²) in [6.07, 6.45) is 1.48. The normalized spacial score (nSPS) is 10.6. The van der Waals surface area contributed by atoms with Gasteiger partial charge >= 0.3 is 0 Å². The maximum Gasteiger partial charge on any atom is 0.135 e. The molecule has 0 radical (unpaired) electrons. The van der Waals surface area contributed by atoms with E-state index in [2.05, 4.69) is 29.1 Å². The van der Waals surface area contributed by atoms with Crippen LogP contribution in [0.1, 0.15) is 30.9 Å². The van der Waals surface area contributed by atoms with E-state index in [1.54, 1.807) is 7.11 Å². The molecular formula is C15H20N4O. The Bertz CT molecular complexity index is 567. The molecule has 0 aliphatic carbocycles. The Labute approximate surface area is 119 Å². The highest BCUT2D eigenvalue weighted by molar-refractivity contribution is 5.56. The lowest BCUT2D eigenvalue weighted by atomic mass is 10.0. The Hall–Kier alpha value is -2.30. The van der Waals surface area contributed by atoms with Crippen LogP contribution in [0.15, 0.2) is 30.6 Å². The van der Waals surface area contributed by atoms with Gasteiger partial charge in [0.25, 0.3) is 0 Å². The quantitative estimate of drug-likeness (QED) is 0.875. The van der Waals surface area contributed by atoms with E-state index in [0.717, 1.165) is 22.7 Å². The molecule has 0 bridgehead atoms. The minimum atomic E-state index is 0.273. The lowest BCUT2D eigenvalue weighted by molar-refractivity contribution is 0.414. The number of nitrogens with one attached hydrogen (secondary N) is 1. The van der Waals surface area contributed by atoms with E-state index in [9.17, 15) is 0 Å². The molecule has 0 aliphatic heterocycles. The number of rotatable bonds is 5. The second-order valence-electron chi connectivity index (χ2n) is 4.88. The average Bonchev–Trinajstić information content (AvgIpc) is 2.45. The molecule has 0 atom stereocenters. The van der Waals surface area contributed by atoms with Crippen molar-refractivity contribution in [2.24, 2.45) is 0 Å². The lowest BCUT2D eigenvalue weighted by Gasteiger charge is -2.15. The summed E-state index contributed by atoms with van der Waals surface area (Å²) in [5.74, 6) is 2.45. The zero-order chi connectivity index (χ0) is 14.5. The number of nitrogens with zero attached hydrogens (tertiary/aromatic N) is 2. The summed E-state index contributed by atoms with van der Waals surface area (Å²) < 4.78 is 5.14. The lowest BCUT2D eigenvalue weighted by Crippen LogP contribution is -2.09. The van der Waals surface area contributed by atoms with Crippen molar-refractivity contribution >= 4 is 11.6 Å². The summed E-state index contributed by atoms with van der Waals surface area (Å²) in [5.41, 5.74) is 8.03. The molecule has 20 heavy (non-hydrogen) atoms. The van der Waals surface area contributed by atoms with Crippen molar-refractivity contribution in [3.05, 3.63) is 41.7 Å². The van der Waals surface area contributed by atoms with Gasteiger partial charge in [0, 0.05) is 12.1 Å². The third-order valence-electron chi connectivity index (χ3n) is 3.11. The molecule has 1 aromatic carbocycles. The standard InChI is InChI=1S/C15H20N4O/c1-10(2)13-14(16)18-9-19-15(13)17-8-11-4-6-12(20-3)7-5-11/h4-7,9-10H,8H2,1-3H3,(H3,16,17,18,19). The highest BCUT2D eigenvalue weighted by Crippen LogP contribution is 2.26. The van der Waals surface area contributed by atoms with Crippen molar-refractivity contribution in [2.45, 2.75) is 26.3 Å². The molecule has 5 nitrogen and oxygen atoms in total. The maximum atomic E-state index is 5.92. The van der Waals surface area contributed by atoms with Crippen LogP contribution in [0, 0.1) is 0 Å². The van der Waals surface area contributed by atoms with Crippen LogP contribution in [0.25, 0.3) is 0 Å². The number of anilines is 2. The fourth-order valence-corrected chi connectivity index (χ4v) is 2.05. The fraction of sp³-hybridized carbons (Fsp3) is 0.333. The molecule has 2 rings (SSSR count). The minimum Gasteiger partial charge on any atom is -0.497 e. The summed E-state index contributed by atoms with van der Waals surface area (Å²) in [6, 6.07) is 7.92. The molecule has 1 heterocycles. The smallest absolute Gasteiger partial charge is 0.135 e. The van der Waals surface area contributed by atoms with Crippen molar-refractivity contribution < 1.29 is 4.74 Å². The summed E-state index contributed by atoms with van der Waals surface area (Å²) in [6.45, 7) is 4.83. The van der Waals surface area contributed by atoms with Crippen LogP contribution in [-0.4, -0.2) is 17.1 Å². The molecule has 1 aromatic heterocycles. The number of ether oxygens (including phenoxy) is 1. The van der Waals surface area contributed by atoms with Crippen LogP contribution in [0.5, 0.6) is 5.75 Å². The largest absolute Gasteiger partial charge is 0.497 e. The summed E-state index contributed by atoms with van der Waals surface area (Å²) in [4.78, 5) is 8.33.